The molecule has 0 N–H and O–H groups in total. The predicted molar refractivity (Wildman–Crippen MR) is 59.8 cm³/mol. The first-order valence-electron chi connectivity index (χ1n) is 5.41. The molecule has 0 nitrogen and oxygen atoms in total. The maximum atomic E-state index is 2.37. The molecular weight excluding hydrogens is 335 g/mol. The van der Waals surface area contributed by atoms with E-state index >= 15 is 0 Å². The third kappa shape index (κ3) is 2.44. The maximum Gasteiger partial charge on any atom is -1.00 e. The van der Waals surface area contributed by atoms with E-state index in [1.807, 2.05) is 3.33 Å². The normalized spacial score (nSPS) is 19.1. The average Bonchev–Trinajstić information content (AvgIpc) is 2.80. The van der Waals surface area contributed by atoms with Gasteiger partial charge in [-0.2, -0.15) is 0 Å². The SMILES string of the molecule is CCCC1=[C]([Hf+2][C]2=CC=CC2)CC=C1.[H-].[H-]. The summed E-state index contributed by atoms with van der Waals surface area (Å²) in [7, 11) is 0. The summed E-state index contributed by atoms with van der Waals surface area (Å²) < 4.78 is 3.62. The molecule has 0 aromatic carbocycles. The van der Waals surface area contributed by atoms with Crippen LogP contribution in [0.25, 0.3) is 0 Å². The molecular formula is C13H18Hf. The minimum absolute atomic E-state index is 0. The zero-order valence-corrected chi connectivity index (χ0v) is 12.3. The zero-order valence-electron chi connectivity index (χ0n) is 10.7. The van der Waals surface area contributed by atoms with E-state index < -0.39 is 22.9 Å². The third-order valence-corrected chi connectivity index (χ3v) is 8.09. The first kappa shape index (κ1) is 10.4. The quantitative estimate of drug-likeness (QED) is 0.667. The molecule has 0 saturated carbocycles. The van der Waals surface area contributed by atoms with Crippen molar-refractivity contribution in [3.63, 3.8) is 0 Å². The van der Waals surface area contributed by atoms with Crippen LogP contribution in [0.5, 0.6) is 0 Å². The molecule has 0 spiro atoms. The predicted octanol–water partition coefficient (Wildman–Crippen LogP) is 4.15. The topological polar surface area (TPSA) is 0 Å². The van der Waals surface area contributed by atoms with Crippen molar-refractivity contribution in [3.8, 4) is 0 Å². The Balaban J connectivity index is 0.00000112. The van der Waals surface area contributed by atoms with Gasteiger partial charge in [0.1, 0.15) is 0 Å². The second-order valence-corrected chi connectivity index (χ2v) is 9.18. The van der Waals surface area contributed by atoms with Crippen molar-refractivity contribution in [2.24, 2.45) is 0 Å². The van der Waals surface area contributed by atoms with Gasteiger partial charge in [0.2, 0.25) is 0 Å². The molecule has 0 amide bonds. The van der Waals surface area contributed by atoms with Gasteiger partial charge in [0.05, 0.1) is 0 Å². The molecule has 0 fully saturated rings. The van der Waals surface area contributed by atoms with E-state index in [0.717, 1.165) is 0 Å². The Kier molecular flexibility index (Phi) is 3.74. The molecule has 1 heteroatoms. The van der Waals surface area contributed by atoms with E-state index in [2.05, 4.69) is 37.3 Å². The number of allylic oxidation sites excluding steroid dienone is 8. The van der Waals surface area contributed by atoms with E-state index in [1.54, 1.807) is 8.90 Å². The molecule has 0 bridgehead atoms. The summed E-state index contributed by atoms with van der Waals surface area (Å²) in [5.74, 6) is 0. The van der Waals surface area contributed by atoms with Gasteiger partial charge in [0.25, 0.3) is 0 Å². The van der Waals surface area contributed by atoms with Gasteiger partial charge in [-0.3, -0.25) is 0 Å². The van der Waals surface area contributed by atoms with Gasteiger partial charge in [0.15, 0.2) is 0 Å². The molecule has 0 saturated heterocycles. The van der Waals surface area contributed by atoms with Gasteiger partial charge in [0, 0.05) is 0 Å². The third-order valence-electron chi connectivity index (χ3n) is 2.63. The van der Waals surface area contributed by atoms with Crippen LogP contribution in [-0.4, -0.2) is 0 Å². The molecule has 2 rings (SSSR count). The van der Waals surface area contributed by atoms with E-state index in [4.69, 9.17) is 0 Å². The van der Waals surface area contributed by atoms with Crippen molar-refractivity contribution >= 4 is 0 Å². The maximum absolute atomic E-state index is 2.37. The Morgan fingerprint density at radius 3 is 3.00 bits per heavy atom. The minimum Gasteiger partial charge on any atom is -1.00 e. The van der Waals surface area contributed by atoms with Crippen molar-refractivity contribution < 1.29 is 25.8 Å². The fraction of sp³-hybridized carbons (Fsp3) is 0.385. The van der Waals surface area contributed by atoms with Crippen LogP contribution in [0.15, 0.2) is 42.6 Å². The van der Waals surface area contributed by atoms with Crippen LogP contribution in [0.4, 0.5) is 0 Å². The molecule has 74 valence electrons. The largest absolute Gasteiger partial charge is 1.00 e. The first-order chi connectivity index (χ1) is 6.90. The van der Waals surface area contributed by atoms with Gasteiger partial charge < -0.3 is 2.85 Å². The van der Waals surface area contributed by atoms with Crippen LogP contribution in [0.3, 0.4) is 0 Å². The summed E-state index contributed by atoms with van der Waals surface area (Å²) in [4.78, 5) is 0. The van der Waals surface area contributed by atoms with Crippen molar-refractivity contribution in [1.29, 1.82) is 0 Å². The summed E-state index contributed by atoms with van der Waals surface area (Å²) in [6.07, 6.45) is 16.7. The van der Waals surface area contributed by atoms with Crippen LogP contribution in [0.1, 0.15) is 35.5 Å². The fourth-order valence-corrected chi connectivity index (χ4v) is 6.86. The van der Waals surface area contributed by atoms with E-state index in [-0.39, 0.29) is 2.85 Å². The van der Waals surface area contributed by atoms with E-state index in [9.17, 15) is 0 Å². The van der Waals surface area contributed by atoms with Crippen LogP contribution in [0, 0.1) is 0 Å². The first-order valence-corrected chi connectivity index (χ1v) is 9.00. The smallest absolute Gasteiger partial charge is 1.00 e. The summed E-state index contributed by atoms with van der Waals surface area (Å²) in [6.45, 7) is 2.28. The standard InChI is InChI=1S/C8H11.C5H5.Hf.2H/c1-2-5-8-6-3-4-7-8;1-2-4-5-3-1;;;/h3,6H,2,4-5H2,1H3;1-3H,4H2;;;/q;;+2;2*-1. The molecule has 0 heterocycles. The Bertz CT molecular complexity index is 338. The summed E-state index contributed by atoms with van der Waals surface area (Å²) in [6, 6.07) is 0. The van der Waals surface area contributed by atoms with Gasteiger partial charge in [-0.05, 0) is 0 Å². The summed E-state index contributed by atoms with van der Waals surface area (Å²) in [5, 5.41) is 0. The summed E-state index contributed by atoms with van der Waals surface area (Å²) >= 11 is -0.604. The molecule has 14 heavy (non-hydrogen) atoms. The number of rotatable bonds is 4. The van der Waals surface area contributed by atoms with Gasteiger partial charge in [-0.25, -0.2) is 0 Å². The molecule has 0 atom stereocenters. The molecule has 2 aliphatic rings. The zero-order chi connectivity index (χ0) is 9.80. The molecule has 0 radical (unpaired) electrons. The van der Waals surface area contributed by atoms with Crippen molar-refractivity contribution in [2.75, 3.05) is 0 Å². The van der Waals surface area contributed by atoms with Crippen LogP contribution >= 0.6 is 0 Å². The van der Waals surface area contributed by atoms with E-state index in [0.29, 0.717) is 0 Å². The average molecular weight is 353 g/mol. The number of hydrogen-bond acceptors (Lipinski definition) is 0. The Morgan fingerprint density at radius 2 is 2.29 bits per heavy atom. The van der Waals surface area contributed by atoms with Crippen LogP contribution in [-0.2, 0) is 22.9 Å². The number of hydrogen-bond donors (Lipinski definition) is 0. The fourth-order valence-electron chi connectivity index (χ4n) is 1.92. The molecule has 0 aromatic rings. The van der Waals surface area contributed by atoms with Crippen molar-refractivity contribution in [2.45, 2.75) is 32.6 Å². The van der Waals surface area contributed by atoms with Gasteiger partial charge in [-0.1, -0.05) is 0 Å². The Morgan fingerprint density at radius 1 is 1.36 bits per heavy atom. The Hall–Kier alpha value is -0.170. The molecule has 0 aliphatic heterocycles. The van der Waals surface area contributed by atoms with Crippen molar-refractivity contribution in [3.05, 3.63) is 42.6 Å². The van der Waals surface area contributed by atoms with Crippen LogP contribution < -0.4 is 0 Å². The Labute approximate surface area is 101 Å². The van der Waals surface area contributed by atoms with Crippen molar-refractivity contribution in [1.82, 2.24) is 0 Å². The second kappa shape index (κ2) is 5.06. The van der Waals surface area contributed by atoms with Crippen LogP contribution in [0.2, 0.25) is 0 Å². The minimum atomic E-state index is -0.604. The molecule has 0 unspecified atom stereocenters. The van der Waals surface area contributed by atoms with Gasteiger partial charge >= 0.3 is 98.1 Å². The monoisotopic (exact) mass is 354 g/mol. The van der Waals surface area contributed by atoms with Gasteiger partial charge in [-0.15, -0.1) is 0 Å². The summed E-state index contributed by atoms with van der Waals surface area (Å²) in [5.41, 5.74) is 1.68. The molecule has 2 aliphatic carbocycles. The van der Waals surface area contributed by atoms with E-state index in [1.165, 1.54) is 25.7 Å². The second-order valence-electron chi connectivity index (χ2n) is 3.81. The molecule has 0 aromatic heterocycles.